The molecule has 0 fully saturated rings. The summed E-state index contributed by atoms with van der Waals surface area (Å²) in [7, 11) is 0. The lowest BCUT2D eigenvalue weighted by molar-refractivity contribution is -0.389. The molecule has 19 heavy (non-hydrogen) atoms. The number of nitro groups is 1. The number of nitrogens with one attached hydrogen (secondary N) is 1. The van der Waals surface area contributed by atoms with Crippen LogP contribution in [0.5, 0.6) is 0 Å². The van der Waals surface area contributed by atoms with Crippen molar-refractivity contribution in [3.8, 4) is 0 Å². The summed E-state index contributed by atoms with van der Waals surface area (Å²) in [5.41, 5.74) is 0.975. The van der Waals surface area contributed by atoms with Gasteiger partial charge in [0, 0.05) is 18.3 Å². The van der Waals surface area contributed by atoms with Gasteiger partial charge in [0.25, 0.3) is 0 Å². The number of rotatable bonds is 6. The Labute approximate surface area is 110 Å². The van der Waals surface area contributed by atoms with E-state index in [0.29, 0.717) is 6.54 Å². The lowest BCUT2D eigenvalue weighted by atomic mass is 10.2. The molecule has 0 aliphatic rings. The average Bonchev–Trinajstić information content (AvgIpc) is 2.86. The summed E-state index contributed by atoms with van der Waals surface area (Å²) >= 11 is 0. The van der Waals surface area contributed by atoms with E-state index in [4.69, 9.17) is 0 Å². The van der Waals surface area contributed by atoms with E-state index in [0.717, 1.165) is 24.3 Å². The zero-order valence-electron chi connectivity index (χ0n) is 10.6. The summed E-state index contributed by atoms with van der Waals surface area (Å²) < 4.78 is 1.67. The van der Waals surface area contributed by atoms with Crippen molar-refractivity contribution in [3.05, 3.63) is 46.5 Å². The molecule has 0 radical (unpaired) electrons. The van der Waals surface area contributed by atoms with E-state index in [1.54, 1.807) is 10.8 Å². The molecular formula is C12H15N5O2. The van der Waals surface area contributed by atoms with Crippen molar-refractivity contribution in [1.29, 1.82) is 0 Å². The minimum Gasteiger partial charge on any atom is -0.370 e. The molecule has 0 saturated carbocycles. The van der Waals surface area contributed by atoms with Gasteiger partial charge in [0.05, 0.1) is 6.54 Å². The molecule has 0 unspecified atom stereocenters. The molecule has 2 aromatic rings. The zero-order chi connectivity index (χ0) is 13.7. The molecule has 0 spiro atoms. The fourth-order valence-corrected chi connectivity index (χ4v) is 1.69. The van der Waals surface area contributed by atoms with Gasteiger partial charge in [-0.15, -0.1) is 0 Å². The number of anilines is 1. The topological polar surface area (TPSA) is 85.9 Å². The van der Waals surface area contributed by atoms with Crippen molar-refractivity contribution in [3.63, 3.8) is 0 Å². The van der Waals surface area contributed by atoms with Gasteiger partial charge >= 0.3 is 5.82 Å². The van der Waals surface area contributed by atoms with Crippen LogP contribution in [0.3, 0.4) is 0 Å². The highest BCUT2D eigenvalue weighted by atomic mass is 16.6. The van der Waals surface area contributed by atoms with E-state index in [-0.39, 0.29) is 5.82 Å². The van der Waals surface area contributed by atoms with Gasteiger partial charge in [-0.25, -0.2) is 4.98 Å². The number of hydrogen-bond donors (Lipinski definition) is 1. The van der Waals surface area contributed by atoms with Crippen molar-refractivity contribution in [2.75, 3.05) is 11.9 Å². The van der Waals surface area contributed by atoms with Crippen LogP contribution in [0.1, 0.15) is 18.9 Å². The Bertz CT molecular complexity index is 567. The van der Waals surface area contributed by atoms with Crippen LogP contribution < -0.4 is 5.32 Å². The maximum Gasteiger partial charge on any atom is 0.381 e. The zero-order valence-corrected chi connectivity index (χ0v) is 10.6. The third-order valence-corrected chi connectivity index (χ3v) is 2.59. The summed E-state index contributed by atoms with van der Waals surface area (Å²) in [6.45, 7) is 3.42. The molecule has 2 heterocycles. The van der Waals surface area contributed by atoms with Gasteiger partial charge in [0.15, 0.2) is 0 Å². The van der Waals surface area contributed by atoms with Crippen molar-refractivity contribution in [1.82, 2.24) is 14.5 Å². The first-order chi connectivity index (χ1) is 9.20. The summed E-state index contributed by atoms with van der Waals surface area (Å²) in [5.74, 6) is 0.660. The Hall–Kier alpha value is -2.44. The molecule has 7 nitrogen and oxygen atoms in total. The average molecular weight is 261 g/mol. The second-order valence-corrected chi connectivity index (χ2v) is 4.10. The molecule has 7 heteroatoms. The van der Waals surface area contributed by atoms with E-state index in [1.807, 2.05) is 12.1 Å². The summed E-state index contributed by atoms with van der Waals surface area (Å²) in [4.78, 5) is 18.1. The summed E-state index contributed by atoms with van der Waals surface area (Å²) in [5, 5.41) is 13.8. The molecule has 2 rings (SSSR count). The predicted molar refractivity (Wildman–Crippen MR) is 71.0 cm³/mol. The maximum atomic E-state index is 10.6. The number of aromatic nitrogens is 3. The quantitative estimate of drug-likeness (QED) is 0.635. The molecule has 100 valence electrons. The smallest absolute Gasteiger partial charge is 0.370 e. The minimum atomic E-state index is -0.504. The van der Waals surface area contributed by atoms with Crippen LogP contribution in [-0.2, 0) is 6.54 Å². The molecule has 0 amide bonds. The van der Waals surface area contributed by atoms with E-state index >= 15 is 0 Å². The summed E-state index contributed by atoms with van der Waals surface area (Å²) in [6, 6.07) is 3.79. The Morgan fingerprint density at radius 3 is 3.00 bits per heavy atom. The van der Waals surface area contributed by atoms with Crippen LogP contribution in [0.25, 0.3) is 0 Å². The highest BCUT2D eigenvalue weighted by Gasteiger charge is 2.11. The van der Waals surface area contributed by atoms with E-state index in [1.165, 1.54) is 12.5 Å². The fraction of sp³-hybridized carbons (Fsp3) is 0.333. The van der Waals surface area contributed by atoms with Crippen LogP contribution in [0.2, 0.25) is 0 Å². The Morgan fingerprint density at radius 2 is 2.32 bits per heavy atom. The molecule has 0 saturated heterocycles. The van der Waals surface area contributed by atoms with Gasteiger partial charge in [0.1, 0.15) is 12.0 Å². The van der Waals surface area contributed by atoms with E-state index in [9.17, 15) is 10.1 Å². The van der Waals surface area contributed by atoms with Gasteiger partial charge in [-0.1, -0.05) is 13.0 Å². The maximum absolute atomic E-state index is 10.6. The molecular weight excluding hydrogens is 246 g/mol. The molecule has 1 N–H and O–H groups in total. The Morgan fingerprint density at radius 1 is 1.47 bits per heavy atom. The van der Waals surface area contributed by atoms with Crippen LogP contribution >= 0.6 is 0 Å². The second kappa shape index (κ2) is 5.94. The van der Waals surface area contributed by atoms with Crippen molar-refractivity contribution < 1.29 is 4.92 Å². The van der Waals surface area contributed by atoms with Crippen molar-refractivity contribution in [2.24, 2.45) is 0 Å². The fourth-order valence-electron chi connectivity index (χ4n) is 1.69. The van der Waals surface area contributed by atoms with Gasteiger partial charge in [-0.05, 0) is 22.4 Å². The van der Waals surface area contributed by atoms with Gasteiger partial charge in [-0.2, -0.15) is 0 Å². The monoisotopic (exact) mass is 261 g/mol. The second-order valence-electron chi connectivity index (χ2n) is 4.10. The molecule has 0 atom stereocenters. The van der Waals surface area contributed by atoms with Gasteiger partial charge in [0.2, 0.25) is 6.33 Å². The van der Waals surface area contributed by atoms with Crippen LogP contribution in [0, 0.1) is 10.1 Å². The molecule has 0 aromatic carbocycles. The SMILES string of the molecule is CCCNc1ncccc1Cn1cnc([N+](=O)[O-])c1. The lowest BCUT2D eigenvalue weighted by Gasteiger charge is -2.09. The highest BCUT2D eigenvalue weighted by molar-refractivity contribution is 5.43. The Balaban J connectivity index is 2.15. The van der Waals surface area contributed by atoms with Crippen molar-refractivity contribution >= 4 is 11.6 Å². The van der Waals surface area contributed by atoms with Crippen LogP contribution in [-0.4, -0.2) is 26.0 Å². The minimum absolute atomic E-state index is 0.146. The summed E-state index contributed by atoms with van der Waals surface area (Å²) in [6.07, 6.45) is 5.59. The molecule has 0 bridgehead atoms. The standard InChI is InChI=1S/C12H15N5O2/c1-2-5-13-12-10(4-3-6-14-12)7-16-8-11(15-9-16)17(18)19/h3-4,6,8-9H,2,5,7H2,1H3,(H,13,14). The number of imidazole rings is 1. The third kappa shape index (κ3) is 3.27. The number of pyridine rings is 1. The van der Waals surface area contributed by atoms with Gasteiger partial charge in [-0.3, -0.25) is 0 Å². The first kappa shape index (κ1) is 13.0. The van der Waals surface area contributed by atoms with Gasteiger partial charge < -0.3 is 20.0 Å². The van der Waals surface area contributed by atoms with E-state index < -0.39 is 4.92 Å². The van der Waals surface area contributed by atoms with E-state index in [2.05, 4.69) is 22.2 Å². The molecule has 0 aliphatic heterocycles. The van der Waals surface area contributed by atoms with Crippen LogP contribution in [0.4, 0.5) is 11.6 Å². The third-order valence-electron chi connectivity index (χ3n) is 2.59. The van der Waals surface area contributed by atoms with Crippen LogP contribution in [0.15, 0.2) is 30.9 Å². The molecule has 2 aromatic heterocycles. The van der Waals surface area contributed by atoms with Crippen molar-refractivity contribution in [2.45, 2.75) is 19.9 Å². The largest absolute Gasteiger partial charge is 0.381 e. The normalized spacial score (nSPS) is 10.4. The first-order valence-electron chi connectivity index (χ1n) is 6.04. The molecule has 0 aliphatic carbocycles. The lowest BCUT2D eigenvalue weighted by Crippen LogP contribution is -2.07. The Kier molecular flexibility index (Phi) is 4.07. The number of hydrogen-bond acceptors (Lipinski definition) is 5. The predicted octanol–water partition coefficient (Wildman–Crippen LogP) is 2.06. The number of nitrogens with zero attached hydrogens (tertiary/aromatic N) is 4. The highest BCUT2D eigenvalue weighted by Crippen LogP contribution is 2.15. The first-order valence-corrected chi connectivity index (χ1v) is 6.04.